The highest BCUT2D eigenvalue weighted by atomic mass is 32.2. The third kappa shape index (κ3) is 5.44. The maximum atomic E-state index is 11.9. The summed E-state index contributed by atoms with van der Waals surface area (Å²) in [4.78, 5) is 11.9. The van der Waals surface area contributed by atoms with Gasteiger partial charge in [-0.15, -0.1) is 0 Å². The maximum Gasteiger partial charge on any atom is 0.244 e. The summed E-state index contributed by atoms with van der Waals surface area (Å²) in [5.74, 6) is 0.550. The Morgan fingerprint density at radius 3 is 2.81 bits per heavy atom. The molecule has 116 valence electrons. The number of hydrogen-bond acceptors (Lipinski definition) is 4. The first kappa shape index (κ1) is 17.6. The monoisotopic (exact) mass is 309 g/mol. The van der Waals surface area contributed by atoms with Crippen molar-refractivity contribution >= 4 is 23.7 Å². The van der Waals surface area contributed by atoms with Gasteiger partial charge in [-0.1, -0.05) is 11.6 Å². The number of nitrogens with one attached hydrogen (secondary N) is 1. The fourth-order valence-corrected chi connectivity index (χ4v) is 2.58. The molecule has 0 aliphatic heterocycles. The van der Waals surface area contributed by atoms with Crippen molar-refractivity contribution < 1.29 is 14.6 Å². The Morgan fingerprint density at radius 1 is 1.52 bits per heavy atom. The Kier molecular flexibility index (Phi) is 7.32. The van der Waals surface area contributed by atoms with Gasteiger partial charge in [0, 0.05) is 22.9 Å². The molecule has 1 aromatic rings. The topological polar surface area (TPSA) is 58.6 Å². The van der Waals surface area contributed by atoms with Gasteiger partial charge in [0.2, 0.25) is 5.91 Å². The molecule has 0 saturated carbocycles. The number of thioether (sulfide) groups is 1. The van der Waals surface area contributed by atoms with Crippen molar-refractivity contribution in [2.24, 2.45) is 0 Å². The van der Waals surface area contributed by atoms with Crippen molar-refractivity contribution in [1.29, 1.82) is 0 Å². The second kappa shape index (κ2) is 8.74. The van der Waals surface area contributed by atoms with Gasteiger partial charge in [0.15, 0.2) is 0 Å². The largest absolute Gasteiger partial charge is 0.496 e. The van der Waals surface area contributed by atoms with Gasteiger partial charge >= 0.3 is 0 Å². The zero-order valence-corrected chi connectivity index (χ0v) is 13.7. The second-order valence-corrected chi connectivity index (χ2v) is 5.91. The minimum Gasteiger partial charge on any atom is -0.496 e. The number of hydrogen-bond donors (Lipinski definition) is 2. The molecule has 1 aromatic carbocycles. The van der Waals surface area contributed by atoms with Gasteiger partial charge in [0.1, 0.15) is 5.75 Å². The van der Waals surface area contributed by atoms with E-state index in [1.807, 2.05) is 38.3 Å². The Balaban J connectivity index is 2.72. The fraction of sp³-hybridized carbons (Fsp3) is 0.438. The quantitative estimate of drug-likeness (QED) is 0.759. The number of ether oxygens (including phenoxy) is 1. The van der Waals surface area contributed by atoms with E-state index < -0.39 is 0 Å². The van der Waals surface area contributed by atoms with E-state index in [2.05, 4.69) is 5.32 Å². The summed E-state index contributed by atoms with van der Waals surface area (Å²) in [6, 6.07) is 5.71. The number of aliphatic hydroxyl groups excluding tert-OH is 1. The molecule has 2 atom stereocenters. The van der Waals surface area contributed by atoms with Crippen LogP contribution >= 0.6 is 11.8 Å². The van der Waals surface area contributed by atoms with Crippen molar-refractivity contribution in [2.75, 3.05) is 20.0 Å². The number of carbonyl (C=O) groups is 1. The van der Waals surface area contributed by atoms with Crippen LogP contribution in [0.15, 0.2) is 24.3 Å². The lowest BCUT2D eigenvalue weighted by Crippen LogP contribution is -2.40. The number of rotatable bonds is 7. The number of methoxy groups -OCH3 is 1. The van der Waals surface area contributed by atoms with Crippen LogP contribution < -0.4 is 10.1 Å². The first-order chi connectivity index (χ1) is 10.0. The Labute approximate surface area is 130 Å². The summed E-state index contributed by atoms with van der Waals surface area (Å²) in [6.07, 6.45) is 5.14. The highest BCUT2D eigenvalue weighted by Gasteiger charge is 2.16. The van der Waals surface area contributed by atoms with Crippen LogP contribution in [0.2, 0.25) is 0 Å². The van der Waals surface area contributed by atoms with Gasteiger partial charge in [-0.3, -0.25) is 4.79 Å². The molecule has 5 heteroatoms. The van der Waals surface area contributed by atoms with Crippen molar-refractivity contribution in [3.63, 3.8) is 0 Å². The van der Waals surface area contributed by atoms with Gasteiger partial charge in [-0.05, 0) is 38.3 Å². The summed E-state index contributed by atoms with van der Waals surface area (Å²) in [5.41, 5.74) is 1.97. The van der Waals surface area contributed by atoms with E-state index >= 15 is 0 Å². The van der Waals surface area contributed by atoms with Gasteiger partial charge < -0.3 is 15.2 Å². The predicted molar refractivity (Wildman–Crippen MR) is 88.8 cm³/mol. The third-order valence-corrected chi connectivity index (χ3v) is 4.37. The van der Waals surface area contributed by atoms with Gasteiger partial charge in [0.25, 0.3) is 0 Å². The number of amides is 1. The Bertz CT molecular complexity index is 498. The van der Waals surface area contributed by atoms with Crippen LogP contribution in [0.5, 0.6) is 5.75 Å². The van der Waals surface area contributed by atoms with Gasteiger partial charge in [-0.2, -0.15) is 11.8 Å². The van der Waals surface area contributed by atoms with E-state index in [0.29, 0.717) is 0 Å². The summed E-state index contributed by atoms with van der Waals surface area (Å²) < 4.78 is 5.27. The molecule has 0 spiro atoms. The van der Waals surface area contributed by atoms with Crippen molar-refractivity contribution in [3.05, 3.63) is 35.4 Å². The molecule has 21 heavy (non-hydrogen) atoms. The minimum absolute atomic E-state index is 0.00384. The van der Waals surface area contributed by atoms with Crippen molar-refractivity contribution in [1.82, 2.24) is 5.32 Å². The first-order valence-corrected chi connectivity index (χ1v) is 8.07. The number of aryl methyl sites for hydroxylation is 1. The van der Waals surface area contributed by atoms with Crippen LogP contribution in [-0.2, 0) is 4.79 Å². The Hall–Kier alpha value is -1.46. The lowest BCUT2D eigenvalue weighted by Gasteiger charge is -2.20. The molecule has 0 bridgehead atoms. The molecule has 2 N–H and O–H groups in total. The lowest BCUT2D eigenvalue weighted by atomic mass is 10.1. The average Bonchev–Trinajstić information content (AvgIpc) is 2.46. The summed E-state index contributed by atoms with van der Waals surface area (Å²) >= 11 is 1.53. The summed E-state index contributed by atoms with van der Waals surface area (Å²) in [7, 11) is 1.61. The van der Waals surface area contributed by atoms with Crippen molar-refractivity contribution in [2.45, 2.75) is 25.1 Å². The predicted octanol–water partition coefficient (Wildman–Crippen LogP) is 2.25. The minimum atomic E-state index is -0.182. The smallest absolute Gasteiger partial charge is 0.244 e. The molecule has 2 unspecified atom stereocenters. The SMILES string of the molecule is COc1ccc(C)cc1/C=C/C(=O)NC(C)C(CO)SC. The fourth-order valence-electron chi connectivity index (χ4n) is 1.95. The summed E-state index contributed by atoms with van der Waals surface area (Å²) in [5, 5.41) is 12.1. The summed E-state index contributed by atoms with van der Waals surface area (Å²) in [6.45, 7) is 3.91. The first-order valence-electron chi connectivity index (χ1n) is 6.78. The molecule has 1 rings (SSSR count). The van der Waals surface area contributed by atoms with Gasteiger partial charge in [-0.25, -0.2) is 0 Å². The highest BCUT2D eigenvalue weighted by molar-refractivity contribution is 7.99. The molecular weight excluding hydrogens is 286 g/mol. The molecule has 4 nitrogen and oxygen atoms in total. The van der Waals surface area contributed by atoms with Crippen LogP contribution in [0.4, 0.5) is 0 Å². The average molecular weight is 309 g/mol. The number of aliphatic hydroxyl groups is 1. The third-order valence-electron chi connectivity index (χ3n) is 3.21. The van der Waals surface area contributed by atoms with Crippen LogP contribution in [0, 0.1) is 6.92 Å². The van der Waals surface area contributed by atoms with Crippen LogP contribution in [0.3, 0.4) is 0 Å². The van der Waals surface area contributed by atoms with E-state index in [1.165, 1.54) is 17.8 Å². The van der Waals surface area contributed by atoms with E-state index in [-0.39, 0.29) is 23.8 Å². The van der Waals surface area contributed by atoms with Crippen LogP contribution in [0.25, 0.3) is 6.08 Å². The molecular formula is C16H23NO3S. The van der Waals surface area contributed by atoms with E-state index in [4.69, 9.17) is 4.74 Å². The standard InChI is InChI=1S/C16H23NO3S/c1-11-5-7-14(20-3)13(9-11)6-8-16(19)17-12(2)15(10-18)21-4/h5-9,12,15,18H,10H2,1-4H3,(H,17,19)/b8-6+. The number of benzene rings is 1. The molecule has 1 amide bonds. The zero-order chi connectivity index (χ0) is 15.8. The van der Waals surface area contributed by atoms with E-state index in [1.54, 1.807) is 13.2 Å². The van der Waals surface area contributed by atoms with Crippen LogP contribution in [0.1, 0.15) is 18.1 Å². The lowest BCUT2D eigenvalue weighted by molar-refractivity contribution is -0.117. The highest BCUT2D eigenvalue weighted by Crippen LogP contribution is 2.20. The second-order valence-electron chi connectivity index (χ2n) is 4.83. The number of carbonyl (C=O) groups excluding carboxylic acids is 1. The molecule has 0 heterocycles. The molecule has 0 aliphatic rings. The van der Waals surface area contributed by atoms with Crippen LogP contribution in [-0.4, -0.2) is 42.3 Å². The molecule has 0 fully saturated rings. The molecule has 0 aliphatic carbocycles. The normalized spacial score (nSPS) is 14.0. The Morgan fingerprint density at radius 2 is 2.24 bits per heavy atom. The maximum absolute atomic E-state index is 11.9. The zero-order valence-electron chi connectivity index (χ0n) is 12.9. The van der Waals surface area contributed by atoms with E-state index in [0.717, 1.165) is 16.9 Å². The van der Waals surface area contributed by atoms with Crippen molar-refractivity contribution in [3.8, 4) is 5.75 Å². The molecule has 0 aromatic heterocycles. The molecule has 0 radical (unpaired) electrons. The van der Waals surface area contributed by atoms with E-state index in [9.17, 15) is 9.90 Å². The van der Waals surface area contributed by atoms with Gasteiger partial charge in [0.05, 0.1) is 13.7 Å². The molecule has 0 saturated heterocycles.